The van der Waals surface area contributed by atoms with E-state index in [1.165, 1.54) is 30.3 Å². The van der Waals surface area contributed by atoms with Crippen molar-refractivity contribution in [1.29, 1.82) is 0 Å². The number of rotatable bonds is 8. The number of aliphatic carboxylic acids is 1. The summed E-state index contributed by atoms with van der Waals surface area (Å²) in [4.78, 5) is 40.5. The maximum atomic E-state index is 12.6. The second kappa shape index (κ2) is 11.8. The lowest BCUT2D eigenvalue weighted by molar-refractivity contribution is -0.137. The molecule has 0 aromatic heterocycles. The summed E-state index contributed by atoms with van der Waals surface area (Å²) >= 11 is 11.8. The number of aliphatic imine (C=N–C) groups is 1. The van der Waals surface area contributed by atoms with E-state index < -0.39 is 48.6 Å². The highest BCUT2D eigenvalue weighted by molar-refractivity contribution is 6.35. The zero-order valence-corrected chi connectivity index (χ0v) is 20.1. The number of carbonyl (C=O) groups is 3. The lowest BCUT2D eigenvalue weighted by Crippen LogP contribution is -2.42. The van der Waals surface area contributed by atoms with Crippen molar-refractivity contribution in [1.82, 2.24) is 16.0 Å². The molecule has 36 heavy (non-hydrogen) atoms. The molecule has 0 spiro atoms. The fraction of sp³-hybridized carbons (Fsp3) is 0.273. The van der Waals surface area contributed by atoms with Crippen molar-refractivity contribution in [2.24, 2.45) is 4.99 Å². The summed E-state index contributed by atoms with van der Waals surface area (Å²) in [6, 6.07) is 5.34. The first-order valence-corrected chi connectivity index (χ1v) is 11.3. The number of β-amino-alcohol motifs (C(OH)–C–C–N with tert-alkyl or cyclic N) is 1. The van der Waals surface area contributed by atoms with Crippen molar-refractivity contribution in [2.75, 3.05) is 25.0 Å². The number of halogens is 2. The number of carbonyl (C=O) groups excluding carboxylic acids is 2. The van der Waals surface area contributed by atoms with Gasteiger partial charge < -0.3 is 41.7 Å². The highest BCUT2D eigenvalue weighted by atomic mass is 35.5. The Morgan fingerprint density at radius 2 is 1.89 bits per heavy atom. The first kappa shape index (κ1) is 26.9. The smallest absolute Gasteiger partial charge is 0.305 e. The average Bonchev–Trinajstić information content (AvgIpc) is 2.80. The Labute approximate surface area is 214 Å². The lowest BCUT2D eigenvalue weighted by Gasteiger charge is -2.20. The first-order chi connectivity index (χ1) is 17.0. The number of aliphatic hydroxyl groups excluding tert-OH is 1. The summed E-state index contributed by atoms with van der Waals surface area (Å²) in [5, 5.41) is 49.5. The normalized spacial score (nSPS) is 15.8. The van der Waals surface area contributed by atoms with Crippen LogP contribution < -0.4 is 21.3 Å². The quantitative estimate of drug-likeness (QED) is 0.243. The lowest BCUT2D eigenvalue weighted by atomic mass is 10.0. The van der Waals surface area contributed by atoms with Crippen molar-refractivity contribution in [3.63, 3.8) is 0 Å². The van der Waals surface area contributed by atoms with Gasteiger partial charge in [-0.05, 0) is 24.3 Å². The number of anilines is 1. The molecule has 0 saturated carbocycles. The Kier molecular flexibility index (Phi) is 8.80. The van der Waals surface area contributed by atoms with E-state index >= 15 is 0 Å². The van der Waals surface area contributed by atoms with Gasteiger partial charge in [0.1, 0.15) is 11.5 Å². The largest absolute Gasteiger partial charge is 0.508 e. The van der Waals surface area contributed by atoms with Gasteiger partial charge in [0, 0.05) is 34.4 Å². The second-order valence-corrected chi connectivity index (χ2v) is 8.69. The molecule has 0 radical (unpaired) electrons. The van der Waals surface area contributed by atoms with Crippen LogP contribution in [0, 0.1) is 0 Å². The summed E-state index contributed by atoms with van der Waals surface area (Å²) in [6.45, 7) is -0.0532. The van der Waals surface area contributed by atoms with E-state index in [4.69, 9.17) is 23.2 Å². The molecular formula is C22H23Cl2N5O7. The third-order valence-electron chi connectivity index (χ3n) is 4.96. The molecule has 1 aliphatic rings. The van der Waals surface area contributed by atoms with Crippen molar-refractivity contribution < 1.29 is 34.8 Å². The number of nitrogens with zero attached hydrogens (tertiary/aromatic N) is 1. The Bertz CT molecular complexity index is 1210. The molecule has 8 N–H and O–H groups in total. The molecule has 0 saturated heterocycles. The Morgan fingerprint density at radius 1 is 1.14 bits per heavy atom. The van der Waals surface area contributed by atoms with Gasteiger partial charge in [0.05, 0.1) is 36.7 Å². The number of carboxylic acids is 1. The third-order valence-corrected chi connectivity index (χ3v) is 5.47. The predicted molar refractivity (Wildman–Crippen MR) is 132 cm³/mol. The van der Waals surface area contributed by atoms with Gasteiger partial charge in [0.25, 0.3) is 5.91 Å². The molecule has 14 heteroatoms. The standard InChI is InChI=1S/C22H23Cl2N5O7/c23-11-3-15(20(35)16(24)4-11)17(6-19(33)34)29-18(32)9-25-21(36)10-1-12(5-13(30)2-10)28-22-26-7-14(31)8-27-22/h1-5,14,17,30-31,35H,6-9H2,(H,25,36)(H,29,32)(H,33,34)(H2,26,27,28)/t17-/m0/s1. The number of hydrogen-bond acceptors (Lipinski definition) is 9. The third kappa shape index (κ3) is 7.38. The van der Waals surface area contributed by atoms with Crippen LogP contribution in [0.3, 0.4) is 0 Å². The SMILES string of the molecule is O=C(O)C[C@H](NC(=O)CNC(=O)c1cc(O)cc(NC2=NCC(O)CN2)c1)c1cc(Cl)cc(Cl)c1O. The number of benzene rings is 2. The van der Waals surface area contributed by atoms with Gasteiger partial charge in [0.2, 0.25) is 5.91 Å². The number of phenolic OH excluding ortho intramolecular Hbond substituents is 2. The summed E-state index contributed by atoms with van der Waals surface area (Å²) < 4.78 is 0. The predicted octanol–water partition coefficient (Wildman–Crippen LogP) is 1.20. The number of nitrogens with one attached hydrogen (secondary N) is 4. The average molecular weight is 540 g/mol. The van der Waals surface area contributed by atoms with Gasteiger partial charge in [-0.1, -0.05) is 23.2 Å². The van der Waals surface area contributed by atoms with Gasteiger partial charge in [-0.3, -0.25) is 19.4 Å². The molecular weight excluding hydrogens is 517 g/mol. The van der Waals surface area contributed by atoms with Gasteiger partial charge in [-0.15, -0.1) is 0 Å². The van der Waals surface area contributed by atoms with Crippen molar-refractivity contribution in [3.8, 4) is 11.5 Å². The maximum Gasteiger partial charge on any atom is 0.305 e. The van der Waals surface area contributed by atoms with Gasteiger partial charge in [-0.2, -0.15) is 0 Å². The molecule has 3 rings (SSSR count). The highest BCUT2D eigenvalue weighted by Crippen LogP contribution is 2.36. The van der Waals surface area contributed by atoms with Gasteiger partial charge in [0.15, 0.2) is 5.96 Å². The Balaban J connectivity index is 1.66. The van der Waals surface area contributed by atoms with E-state index in [1.54, 1.807) is 0 Å². The summed E-state index contributed by atoms with van der Waals surface area (Å²) in [5.41, 5.74) is 0.371. The molecule has 0 fully saturated rings. The summed E-state index contributed by atoms with van der Waals surface area (Å²) in [7, 11) is 0. The van der Waals surface area contributed by atoms with E-state index in [9.17, 15) is 34.8 Å². The number of aromatic hydroxyl groups is 2. The fourth-order valence-corrected chi connectivity index (χ4v) is 3.85. The van der Waals surface area contributed by atoms with Gasteiger partial charge in [-0.25, -0.2) is 0 Å². The van der Waals surface area contributed by atoms with Crippen LogP contribution in [0.15, 0.2) is 35.3 Å². The molecule has 192 valence electrons. The molecule has 1 aliphatic heterocycles. The highest BCUT2D eigenvalue weighted by Gasteiger charge is 2.23. The number of hydrogen-bond donors (Lipinski definition) is 8. The Hall–Kier alpha value is -3.74. The van der Waals surface area contributed by atoms with Crippen LogP contribution in [0.5, 0.6) is 11.5 Å². The Morgan fingerprint density at radius 3 is 2.56 bits per heavy atom. The van der Waals surface area contributed by atoms with Crippen molar-refractivity contribution >= 4 is 52.6 Å². The first-order valence-electron chi connectivity index (χ1n) is 10.6. The maximum absolute atomic E-state index is 12.6. The molecule has 0 aliphatic carbocycles. The number of aliphatic hydroxyl groups is 1. The minimum Gasteiger partial charge on any atom is -0.508 e. The fourth-order valence-electron chi connectivity index (χ4n) is 3.34. The monoisotopic (exact) mass is 539 g/mol. The van der Waals surface area contributed by atoms with E-state index in [0.717, 1.165) is 0 Å². The van der Waals surface area contributed by atoms with E-state index in [1.807, 2.05) is 0 Å². The molecule has 2 aromatic carbocycles. The van der Waals surface area contributed by atoms with Crippen LogP contribution in [0.25, 0.3) is 0 Å². The summed E-state index contributed by atoms with van der Waals surface area (Å²) in [5.74, 6) is -3.00. The zero-order valence-electron chi connectivity index (χ0n) is 18.6. The van der Waals surface area contributed by atoms with Gasteiger partial charge >= 0.3 is 5.97 Å². The van der Waals surface area contributed by atoms with Crippen LogP contribution in [0.2, 0.25) is 10.0 Å². The van der Waals surface area contributed by atoms with E-state index in [-0.39, 0.29) is 40.0 Å². The number of guanidine groups is 1. The number of carboxylic acid groups (broad SMARTS) is 1. The van der Waals surface area contributed by atoms with E-state index in [2.05, 4.69) is 26.3 Å². The van der Waals surface area contributed by atoms with Crippen LogP contribution in [0.4, 0.5) is 5.69 Å². The van der Waals surface area contributed by atoms with E-state index in [0.29, 0.717) is 11.6 Å². The molecule has 2 amide bonds. The zero-order chi connectivity index (χ0) is 26.4. The number of amides is 2. The molecule has 2 atom stereocenters. The van der Waals surface area contributed by atoms with Crippen LogP contribution in [-0.4, -0.2) is 69.9 Å². The molecule has 2 aromatic rings. The molecule has 1 heterocycles. The molecule has 1 unspecified atom stereocenters. The topological polar surface area (TPSA) is 193 Å². The van der Waals surface area contributed by atoms with Crippen LogP contribution >= 0.6 is 23.2 Å². The van der Waals surface area contributed by atoms with Crippen LogP contribution in [0.1, 0.15) is 28.4 Å². The minimum atomic E-state index is -1.26. The minimum absolute atomic E-state index is 0.00466. The summed E-state index contributed by atoms with van der Waals surface area (Å²) in [6.07, 6.45) is -1.19. The molecule has 12 nitrogen and oxygen atoms in total. The van der Waals surface area contributed by atoms with Crippen LogP contribution in [-0.2, 0) is 9.59 Å². The van der Waals surface area contributed by atoms with Crippen molar-refractivity contribution in [3.05, 3.63) is 51.5 Å². The molecule has 0 bridgehead atoms. The second-order valence-electron chi connectivity index (χ2n) is 7.84. The number of phenols is 2. The van der Waals surface area contributed by atoms with Crippen molar-refractivity contribution in [2.45, 2.75) is 18.6 Å².